The second kappa shape index (κ2) is 7.65. The van der Waals surface area contributed by atoms with Crippen LogP contribution in [0.4, 0.5) is 0 Å². The predicted molar refractivity (Wildman–Crippen MR) is 93.5 cm³/mol. The summed E-state index contributed by atoms with van der Waals surface area (Å²) in [6, 6.07) is 9.64. The van der Waals surface area contributed by atoms with Crippen LogP contribution in [-0.2, 0) is 4.79 Å². The molecule has 0 spiro atoms. The maximum Gasteiger partial charge on any atom is 0.178 e. The van der Waals surface area contributed by atoms with E-state index in [0.29, 0.717) is 10.2 Å². The van der Waals surface area contributed by atoms with Crippen LogP contribution in [0.5, 0.6) is 17.2 Å². The predicted octanol–water partition coefficient (Wildman–Crippen LogP) is 4.16. The SMILES string of the molecule is COc1cc(/C=C/C(=O)/C=C/c2ccc(O)cc2Br)ccc1O. The summed E-state index contributed by atoms with van der Waals surface area (Å²) >= 11 is 3.32. The quantitative estimate of drug-likeness (QED) is 0.770. The van der Waals surface area contributed by atoms with E-state index in [1.54, 1.807) is 42.5 Å². The number of phenols is 2. The molecule has 4 nitrogen and oxygen atoms in total. The Morgan fingerprint density at radius 1 is 1.09 bits per heavy atom. The number of aromatic hydroxyl groups is 2. The molecule has 0 radical (unpaired) electrons. The molecule has 23 heavy (non-hydrogen) atoms. The molecule has 2 aromatic rings. The van der Waals surface area contributed by atoms with E-state index in [-0.39, 0.29) is 17.3 Å². The Labute approximate surface area is 142 Å². The van der Waals surface area contributed by atoms with Gasteiger partial charge in [-0.2, -0.15) is 0 Å². The van der Waals surface area contributed by atoms with E-state index in [9.17, 15) is 15.0 Å². The van der Waals surface area contributed by atoms with Gasteiger partial charge >= 0.3 is 0 Å². The van der Waals surface area contributed by atoms with E-state index < -0.39 is 0 Å². The summed E-state index contributed by atoms with van der Waals surface area (Å²) in [6.45, 7) is 0. The first-order chi connectivity index (χ1) is 11.0. The zero-order chi connectivity index (χ0) is 16.8. The molecule has 0 saturated carbocycles. The summed E-state index contributed by atoms with van der Waals surface area (Å²) in [5, 5.41) is 18.8. The van der Waals surface area contributed by atoms with E-state index >= 15 is 0 Å². The Morgan fingerprint density at radius 2 is 1.83 bits per heavy atom. The van der Waals surface area contributed by atoms with Crippen LogP contribution in [0.2, 0.25) is 0 Å². The fourth-order valence-corrected chi connectivity index (χ4v) is 2.35. The molecule has 118 valence electrons. The van der Waals surface area contributed by atoms with E-state index in [4.69, 9.17) is 4.74 Å². The van der Waals surface area contributed by atoms with Crippen LogP contribution in [0.25, 0.3) is 12.2 Å². The number of ketones is 1. The maximum absolute atomic E-state index is 11.9. The third kappa shape index (κ3) is 4.72. The van der Waals surface area contributed by atoms with Gasteiger partial charge in [-0.15, -0.1) is 0 Å². The highest BCUT2D eigenvalue weighted by molar-refractivity contribution is 9.10. The minimum Gasteiger partial charge on any atom is -0.508 e. The molecule has 0 amide bonds. The molecule has 0 saturated heterocycles. The van der Waals surface area contributed by atoms with Crippen LogP contribution in [0, 0.1) is 0 Å². The van der Waals surface area contributed by atoms with Crippen molar-refractivity contribution < 1.29 is 19.7 Å². The van der Waals surface area contributed by atoms with Gasteiger partial charge in [-0.1, -0.05) is 34.1 Å². The van der Waals surface area contributed by atoms with Crippen LogP contribution in [0.1, 0.15) is 11.1 Å². The lowest BCUT2D eigenvalue weighted by atomic mass is 10.1. The van der Waals surface area contributed by atoms with Crippen LogP contribution >= 0.6 is 15.9 Å². The van der Waals surface area contributed by atoms with Crippen molar-refractivity contribution in [1.29, 1.82) is 0 Å². The number of allylic oxidation sites excluding steroid dienone is 2. The highest BCUT2D eigenvalue weighted by atomic mass is 79.9. The minimum absolute atomic E-state index is 0.0491. The zero-order valence-electron chi connectivity index (χ0n) is 12.4. The minimum atomic E-state index is -0.183. The van der Waals surface area contributed by atoms with Crippen molar-refractivity contribution in [3.05, 3.63) is 64.1 Å². The van der Waals surface area contributed by atoms with Crippen molar-refractivity contribution in [1.82, 2.24) is 0 Å². The second-order valence-electron chi connectivity index (χ2n) is 4.71. The van der Waals surface area contributed by atoms with Crippen molar-refractivity contribution in [3.63, 3.8) is 0 Å². The van der Waals surface area contributed by atoms with Gasteiger partial charge in [0.25, 0.3) is 0 Å². The molecule has 2 rings (SSSR count). The largest absolute Gasteiger partial charge is 0.508 e. The van der Waals surface area contributed by atoms with Crippen molar-refractivity contribution >= 4 is 33.9 Å². The monoisotopic (exact) mass is 374 g/mol. The molecule has 0 aliphatic rings. The van der Waals surface area contributed by atoms with Gasteiger partial charge in [0.1, 0.15) is 5.75 Å². The third-order valence-corrected chi connectivity index (χ3v) is 3.74. The van der Waals surface area contributed by atoms with Crippen LogP contribution in [0.15, 0.2) is 53.0 Å². The van der Waals surface area contributed by atoms with Gasteiger partial charge in [0.15, 0.2) is 17.3 Å². The van der Waals surface area contributed by atoms with Crippen LogP contribution < -0.4 is 4.74 Å². The number of carbonyl (C=O) groups is 1. The lowest BCUT2D eigenvalue weighted by molar-refractivity contribution is -0.110. The molecule has 0 unspecified atom stereocenters. The molecule has 0 bridgehead atoms. The third-order valence-electron chi connectivity index (χ3n) is 3.06. The fourth-order valence-electron chi connectivity index (χ4n) is 1.85. The zero-order valence-corrected chi connectivity index (χ0v) is 13.9. The number of benzene rings is 2. The molecular formula is C18H15BrO4. The topological polar surface area (TPSA) is 66.8 Å². The van der Waals surface area contributed by atoms with Gasteiger partial charge < -0.3 is 14.9 Å². The lowest BCUT2D eigenvalue weighted by Gasteiger charge is -2.03. The Bertz CT molecular complexity index is 779. The number of phenolic OH excluding ortho intramolecular Hbond substituents is 2. The average molecular weight is 375 g/mol. The summed E-state index contributed by atoms with van der Waals surface area (Å²) in [5.74, 6) is 0.370. The first kappa shape index (κ1) is 16.8. The van der Waals surface area contributed by atoms with Crippen molar-refractivity contribution in [2.45, 2.75) is 0 Å². The number of hydrogen-bond donors (Lipinski definition) is 2. The number of rotatable bonds is 5. The molecule has 5 heteroatoms. The van der Waals surface area contributed by atoms with Gasteiger partial charge in [0.2, 0.25) is 0 Å². The standard InChI is InChI=1S/C18H15BrO4/c1-23-18-10-12(3-9-17(18)22)2-6-14(20)7-4-13-5-8-15(21)11-16(13)19/h2-11,21-22H,1H3/b6-2+,7-4+. The molecule has 0 aliphatic heterocycles. The number of carbonyl (C=O) groups excluding carboxylic acids is 1. The fraction of sp³-hybridized carbons (Fsp3) is 0.0556. The Balaban J connectivity index is 2.08. The van der Waals surface area contributed by atoms with Gasteiger partial charge in [0, 0.05) is 4.47 Å². The summed E-state index contributed by atoms with van der Waals surface area (Å²) in [4.78, 5) is 11.9. The summed E-state index contributed by atoms with van der Waals surface area (Å²) < 4.78 is 5.71. The second-order valence-corrected chi connectivity index (χ2v) is 5.56. The van der Waals surface area contributed by atoms with Crippen molar-refractivity contribution in [2.24, 2.45) is 0 Å². The molecule has 0 heterocycles. The lowest BCUT2D eigenvalue weighted by Crippen LogP contribution is -1.87. The molecular weight excluding hydrogens is 360 g/mol. The van der Waals surface area contributed by atoms with Gasteiger partial charge in [0.05, 0.1) is 7.11 Å². The number of ether oxygens (including phenoxy) is 1. The van der Waals surface area contributed by atoms with Gasteiger partial charge in [-0.25, -0.2) is 0 Å². The number of halogens is 1. The van der Waals surface area contributed by atoms with Crippen molar-refractivity contribution in [2.75, 3.05) is 7.11 Å². The van der Waals surface area contributed by atoms with Crippen LogP contribution in [-0.4, -0.2) is 23.1 Å². The van der Waals surface area contributed by atoms with Crippen LogP contribution in [0.3, 0.4) is 0 Å². The summed E-state index contributed by atoms with van der Waals surface area (Å²) in [7, 11) is 1.46. The summed E-state index contributed by atoms with van der Waals surface area (Å²) in [6.07, 6.45) is 6.16. The van der Waals surface area contributed by atoms with Gasteiger partial charge in [-0.3, -0.25) is 4.79 Å². The molecule has 0 fully saturated rings. The van der Waals surface area contributed by atoms with Crippen molar-refractivity contribution in [3.8, 4) is 17.2 Å². The first-order valence-corrected chi connectivity index (χ1v) is 7.54. The van der Waals surface area contributed by atoms with Gasteiger partial charge in [-0.05, 0) is 53.6 Å². The maximum atomic E-state index is 11.9. The number of methoxy groups -OCH3 is 1. The first-order valence-electron chi connectivity index (χ1n) is 6.75. The summed E-state index contributed by atoms with van der Waals surface area (Å²) in [5.41, 5.74) is 1.53. The highest BCUT2D eigenvalue weighted by Gasteiger charge is 2.01. The van der Waals surface area contributed by atoms with E-state index in [0.717, 1.165) is 11.1 Å². The average Bonchev–Trinajstić information content (AvgIpc) is 2.53. The Kier molecular flexibility index (Phi) is 5.60. The van der Waals surface area contributed by atoms with E-state index in [1.807, 2.05) is 0 Å². The molecule has 2 N–H and O–H groups in total. The number of hydrogen-bond acceptors (Lipinski definition) is 4. The Hall–Kier alpha value is -2.53. The highest BCUT2D eigenvalue weighted by Crippen LogP contribution is 2.27. The van der Waals surface area contributed by atoms with E-state index in [1.165, 1.54) is 25.3 Å². The molecule has 0 aromatic heterocycles. The van der Waals surface area contributed by atoms with E-state index in [2.05, 4.69) is 15.9 Å². The molecule has 0 aliphatic carbocycles. The normalized spacial score (nSPS) is 11.2. The Morgan fingerprint density at radius 3 is 2.52 bits per heavy atom. The molecule has 0 atom stereocenters. The molecule has 2 aromatic carbocycles. The smallest absolute Gasteiger partial charge is 0.178 e.